The number of carbonyl (C=O) groups excluding carboxylic acids is 2. The number of amides is 2. The molecule has 0 saturated carbocycles. The van der Waals surface area contributed by atoms with Crippen molar-refractivity contribution in [2.24, 2.45) is 5.84 Å². The molecule has 8 heteroatoms. The number of nitrogens with one attached hydrogen (secondary N) is 1. The highest BCUT2D eigenvalue weighted by molar-refractivity contribution is 5.86. The van der Waals surface area contributed by atoms with Gasteiger partial charge in [-0.1, -0.05) is 84.9 Å². The van der Waals surface area contributed by atoms with Crippen molar-refractivity contribution < 1.29 is 19.5 Å². The number of hydrogen-bond donors (Lipinski definition) is 3. The Morgan fingerprint density at radius 2 is 1.47 bits per heavy atom. The number of carbonyl (C=O) groups is 2. The summed E-state index contributed by atoms with van der Waals surface area (Å²) in [7, 11) is 1.55. The number of methoxy groups -OCH3 is 1. The third-order valence-electron chi connectivity index (χ3n) is 6.54. The van der Waals surface area contributed by atoms with Crippen LogP contribution in [0.2, 0.25) is 0 Å². The zero-order chi connectivity index (χ0) is 26.9. The molecule has 4 N–H and O–H groups in total. The third kappa shape index (κ3) is 6.54. The number of aromatic nitrogens is 1. The van der Waals surface area contributed by atoms with Gasteiger partial charge < -0.3 is 9.30 Å². The molecule has 4 aromatic rings. The minimum Gasteiger partial charge on any atom is -0.382 e. The molecule has 38 heavy (non-hydrogen) atoms. The van der Waals surface area contributed by atoms with Crippen LogP contribution >= 0.6 is 0 Å². The van der Waals surface area contributed by atoms with E-state index in [0.717, 1.165) is 32.8 Å². The molecule has 1 aromatic heterocycles. The number of nitrogens with two attached hydrogens (primary N) is 1. The predicted octanol–water partition coefficient (Wildman–Crippen LogP) is 4.22. The van der Waals surface area contributed by atoms with Crippen LogP contribution in [0.4, 0.5) is 0 Å². The van der Waals surface area contributed by atoms with Crippen LogP contribution in [0.5, 0.6) is 0 Å². The second kappa shape index (κ2) is 12.8. The topological polar surface area (TPSA) is 110 Å². The Hall–Kier alpha value is -4.24. The van der Waals surface area contributed by atoms with Crippen molar-refractivity contribution in [2.75, 3.05) is 13.7 Å². The lowest BCUT2D eigenvalue weighted by molar-refractivity contribution is -0.141. The zero-order valence-corrected chi connectivity index (χ0v) is 21.2. The summed E-state index contributed by atoms with van der Waals surface area (Å²) in [6.07, 6.45) is 3.76. The van der Waals surface area contributed by atoms with E-state index in [-0.39, 0.29) is 13.0 Å². The van der Waals surface area contributed by atoms with Crippen molar-refractivity contribution in [2.45, 2.75) is 24.9 Å². The lowest BCUT2D eigenvalue weighted by Gasteiger charge is -2.28. The van der Waals surface area contributed by atoms with E-state index in [9.17, 15) is 14.8 Å². The summed E-state index contributed by atoms with van der Waals surface area (Å²) in [5.41, 5.74) is 6.75. The number of hydrogen-bond acceptors (Lipinski definition) is 5. The van der Waals surface area contributed by atoms with E-state index in [0.29, 0.717) is 6.42 Å². The standard InChI is InChI=1S/C30H32N4O4/c1-38-21-27(18-22-8-4-2-5-9-22)34(31)29(35)19-28(30(36)32-37)33-17-16-26(20-33)25-14-12-24(13-15-25)23-10-6-3-7-11-23/h2-17,20,27-28,37H,18-19,21,31H2,1H3,(H,32,36). The van der Waals surface area contributed by atoms with Gasteiger partial charge in [-0.05, 0) is 40.3 Å². The Kier molecular flexibility index (Phi) is 9.05. The van der Waals surface area contributed by atoms with Gasteiger partial charge in [-0.2, -0.15) is 0 Å². The molecule has 0 aliphatic carbocycles. The number of benzene rings is 3. The zero-order valence-electron chi connectivity index (χ0n) is 21.2. The van der Waals surface area contributed by atoms with E-state index < -0.39 is 23.9 Å². The molecule has 2 amide bonds. The van der Waals surface area contributed by atoms with E-state index in [4.69, 9.17) is 10.6 Å². The van der Waals surface area contributed by atoms with E-state index >= 15 is 0 Å². The summed E-state index contributed by atoms with van der Waals surface area (Å²) in [5.74, 6) is 5.07. The van der Waals surface area contributed by atoms with Gasteiger partial charge in [-0.25, -0.2) is 11.3 Å². The summed E-state index contributed by atoms with van der Waals surface area (Å²) in [6, 6.07) is 28.3. The van der Waals surface area contributed by atoms with E-state index in [1.54, 1.807) is 29.6 Å². The highest BCUT2D eigenvalue weighted by Crippen LogP contribution is 2.27. The molecule has 2 unspecified atom stereocenters. The number of rotatable bonds is 11. The maximum atomic E-state index is 13.2. The molecule has 8 nitrogen and oxygen atoms in total. The van der Waals surface area contributed by atoms with Crippen LogP contribution in [0.1, 0.15) is 18.0 Å². The monoisotopic (exact) mass is 512 g/mol. The Morgan fingerprint density at radius 3 is 2.08 bits per heavy atom. The van der Waals surface area contributed by atoms with Crippen LogP contribution in [0.15, 0.2) is 103 Å². The molecule has 0 aliphatic rings. The van der Waals surface area contributed by atoms with Crippen LogP contribution in [0.25, 0.3) is 22.3 Å². The van der Waals surface area contributed by atoms with Crippen molar-refractivity contribution in [1.29, 1.82) is 0 Å². The van der Waals surface area contributed by atoms with Gasteiger partial charge >= 0.3 is 0 Å². The first kappa shape index (κ1) is 26.8. The average Bonchev–Trinajstić information content (AvgIpc) is 3.46. The molecular weight excluding hydrogens is 480 g/mol. The molecule has 2 atom stereocenters. The Morgan fingerprint density at radius 1 is 0.895 bits per heavy atom. The summed E-state index contributed by atoms with van der Waals surface area (Å²) < 4.78 is 6.91. The molecule has 0 bridgehead atoms. The number of nitrogens with zero attached hydrogens (tertiary/aromatic N) is 2. The van der Waals surface area contributed by atoms with Gasteiger partial charge in [-0.3, -0.25) is 19.8 Å². The first-order valence-electron chi connectivity index (χ1n) is 12.4. The van der Waals surface area contributed by atoms with Gasteiger partial charge in [0, 0.05) is 19.5 Å². The second-order valence-electron chi connectivity index (χ2n) is 9.09. The van der Waals surface area contributed by atoms with Crippen LogP contribution in [0.3, 0.4) is 0 Å². The Labute approximate surface area is 222 Å². The molecule has 0 aliphatic heterocycles. The fourth-order valence-corrected chi connectivity index (χ4v) is 4.46. The van der Waals surface area contributed by atoms with E-state index in [1.165, 1.54) is 0 Å². The lowest BCUT2D eigenvalue weighted by Crippen LogP contribution is -2.50. The number of hydroxylamine groups is 1. The quantitative estimate of drug-likeness (QED) is 0.121. The normalized spacial score (nSPS) is 12.5. The summed E-state index contributed by atoms with van der Waals surface area (Å²) in [6.45, 7) is 0.237. The maximum absolute atomic E-state index is 13.2. The van der Waals surface area contributed by atoms with Gasteiger partial charge in [-0.15, -0.1) is 0 Å². The van der Waals surface area contributed by atoms with Gasteiger partial charge in [0.25, 0.3) is 5.91 Å². The predicted molar refractivity (Wildman–Crippen MR) is 146 cm³/mol. The van der Waals surface area contributed by atoms with Crippen molar-refractivity contribution in [3.05, 3.63) is 109 Å². The Bertz CT molecular complexity index is 1320. The van der Waals surface area contributed by atoms with E-state index in [2.05, 4.69) is 12.1 Å². The Balaban J connectivity index is 1.49. The SMILES string of the molecule is COCC(Cc1ccccc1)N(N)C(=O)CC(C(=O)NO)n1ccc(-c2ccc(-c3ccccc3)cc2)c1. The molecule has 196 valence electrons. The van der Waals surface area contributed by atoms with Crippen molar-refractivity contribution >= 4 is 11.8 Å². The summed E-state index contributed by atoms with van der Waals surface area (Å²) in [4.78, 5) is 25.8. The largest absolute Gasteiger partial charge is 0.382 e. The summed E-state index contributed by atoms with van der Waals surface area (Å²) in [5, 5.41) is 10.5. The van der Waals surface area contributed by atoms with Gasteiger partial charge in [0.1, 0.15) is 6.04 Å². The molecule has 3 aromatic carbocycles. The van der Waals surface area contributed by atoms with Crippen LogP contribution < -0.4 is 11.3 Å². The van der Waals surface area contributed by atoms with Gasteiger partial charge in [0.15, 0.2) is 0 Å². The first-order chi connectivity index (χ1) is 18.5. The highest BCUT2D eigenvalue weighted by atomic mass is 16.5. The van der Waals surface area contributed by atoms with Gasteiger partial charge in [0.05, 0.1) is 19.1 Å². The summed E-state index contributed by atoms with van der Waals surface area (Å²) >= 11 is 0. The van der Waals surface area contributed by atoms with E-state index in [1.807, 2.05) is 78.9 Å². The first-order valence-corrected chi connectivity index (χ1v) is 12.4. The average molecular weight is 513 g/mol. The van der Waals surface area contributed by atoms with Crippen molar-refractivity contribution in [3.63, 3.8) is 0 Å². The third-order valence-corrected chi connectivity index (χ3v) is 6.54. The maximum Gasteiger partial charge on any atom is 0.266 e. The molecule has 4 rings (SSSR count). The molecule has 0 spiro atoms. The number of ether oxygens (including phenoxy) is 1. The van der Waals surface area contributed by atoms with Crippen molar-refractivity contribution in [1.82, 2.24) is 15.1 Å². The van der Waals surface area contributed by atoms with Crippen molar-refractivity contribution in [3.8, 4) is 22.3 Å². The minimum atomic E-state index is -0.990. The lowest BCUT2D eigenvalue weighted by atomic mass is 10.0. The van der Waals surface area contributed by atoms with Crippen LogP contribution in [0, 0.1) is 0 Å². The molecule has 1 heterocycles. The second-order valence-corrected chi connectivity index (χ2v) is 9.09. The fourth-order valence-electron chi connectivity index (χ4n) is 4.46. The highest BCUT2D eigenvalue weighted by Gasteiger charge is 2.28. The smallest absolute Gasteiger partial charge is 0.266 e. The molecule has 0 saturated heterocycles. The molecule has 0 radical (unpaired) electrons. The van der Waals surface area contributed by atoms with Crippen LogP contribution in [-0.4, -0.2) is 46.4 Å². The number of hydrazine groups is 1. The molecule has 0 fully saturated rings. The molecular formula is C30H32N4O4. The van der Waals surface area contributed by atoms with Crippen LogP contribution in [-0.2, 0) is 20.7 Å². The fraction of sp³-hybridized carbons (Fsp3) is 0.200. The minimum absolute atomic E-state index is 0.237. The van der Waals surface area contributed by atoms with Gasteiger partial charge in [0.2, 0.25) is 5.91 Å².